The van der Waals surface area contributed by atoms with Gasteiger partial charge in [0.1, 0.15) is 0 Å². The van der Waals surface area contributed by atoms with Crippen LogP contribution in [-0.2, 0) is 12.8 Å². The molecule has 0 atom stereocenters. The maximum atomic E-state index is 3.78. The van der Waals surface area contributed by atoms with Crippen LogP contribution in [0.1, 0.15) is 115 Å². The minimum Gasteiger partial charge on any atom is -0.355 e. The fourth-order valence-electron chi connectivity index (χ4n) is 4.41. The molecule has 0 aliphatic carbocycles. The highest BCUT2D eigenvalue weighted by molar-refractivity contribution is 5.66. The first-order valence-electron chi connectivity index (χ1n) is 13.3. The fourth-order valence-corrected chi connectivity index (χ4v) is 4.41. The van der Waals surface area contributed by atoms with E-state index in [-0.39, 0.29) is 0 Å². The van der Waals surface area contributed by atoms with Crippen LogP contribution in [0, 0.1) is 0 Å². The predicted molar refractivity (Wildman–Crippen MR) is 140 cm³/mol. The SMILES string of the molecule is CCCCCCCCCc1ccccc1Nc1ccccc1CCCCCCCCC. The summed E-state index contributed by atoms with van der Waals surface area (Å²) < 4.78 is 0. The molecule has 2 rings (SSSR count). The molecular formula is C30H47N. The second-order valence-electron chi connectivity index (χ2n) is 9.18. The molecular weight excluding hydrogens is 374 g/mol. The van der Waals surface area contributed by atoms with Crippen molar-refractivity contribution in [1.29, 1.82) is 0 Å². The van der Waals surface area contributed by atoms with E-state index in [1.54, 1.807) is 0 Å². The summed E-state index contributed by atoms with van der Waals surface area (Å²) in [5.74, 6) is 0. The van der Waals surface area contributed by atoms with Crippen LogP contribution < -0.4 is 5.32 Å². The van der Waals surface area contributed by atoms with E-state index in [4.69, 9.17) is 0 Å². The lowest BCUT2D eigenvalue weighted by Crippen LogP contribution is -2.00. The van der Waals surface area contributed by atoms with E-state index in [2.05, 4.69) is 67.7 Å². The number of benzene rings is 2. The summed E-state index contributed by atoms with van der Waals surface area (Å²) in [5, 5.41) is 3.78. The Morgan fingerprint density at radius 1 is 0.452 bits per heavy atom. The van der Waals surface area contributed by atoms with E-state index < -0.39 is 0 Å². The Morgan fingerprint density at radius 3 is 1.23 bits per heavy atom. The number of unbranched alkanes of at least 4 members (excludes halogenated alkanes) is 12. The van der Waals surface area contributed by atoms with Gasteiger partial charge >= 0.3 is 0 Å². The molecule has 0 saturated carbocycles. The molecule has 0 bridgehead atoms. The van der Waals surface area contributed by atoms with Crippen LogP contribution in [0.25, 0.3) is 0 Å². The van der Waals surface area contributed by atoms with Crippen LogP contribution in [-0.4, -0.2) is 0 Å². The van der Waals surface area contributed by atoms with Gasteiger partial charge in [-0.1, -0.05) is 127 Å². The van der Waals surface area contributed by atoms with Crippen LogP contribution in [0.4, 0.5) is 11.4 Å². The van der Waals surface area contributed by atoms with Crippen LogP contribution in [0.5, 0.6) is 0 Å². The van der Waals surface area contributed by atoms with Gasteiger partial charge in [-0.25, -0.2) is 0 Å². The first kappa shape index (κ1) is 25.5. The number of aryl methyl sites for hydroxylation is 2. The molecule has 172 valence electrons. The van der Waals surface area contributed by atoms with Gasteiger partial charge in [-0.05, 0) is 48.9 Å². The molecule has 0 aliphatic heterocycles. The van der Waals surface area contributed by atoms with Crippen LogP contribution in [0.15, 0.2) is 48.5 Å². The highest BCUT2D eigenvalue weighted by Crippen LogP contribution is 2.26. The first-order chi connectivity index (χ1) is 15.3. The lowest BCUT2D eigenvalue weighted by Gasteiger charge is -2.15. The molecule has 0 amide bonds. The molecule has 0 radical (unpaired) electrons. The van der Waals surface area contributed by atoms with Gasteiger partial charge in [0.25, 0.3) is 0 Å². The summed E-state index contributed by atoms with van der Waals surface area (Å²) in [5.41, 5.74) is 5.50. The molecule has 0 aromatic heterocycles. The molecule has 1 N–H and O–H groups in total. The maximum Gasteiger partial charge on any atom is 0.0416 e. The highest BCUT2D eigenvalue weighted by Gasteiger charge is 2.06. The molecule has 0 aliphatic rings. The van der Waals surface area contributed by atoms with E-state index >= 15 is 0 Å². The molecule has 31 heavy (non-hydrogen) atoms. The van der Waals surface area contributed by atoms with Crippen molar-refractivity contribution in [2.24, 2.45) is 0 Å². The second kappa shape index (κ2) is 16.9. The largest absolute Gasteiger partial charge is 0.355 e. The Balaban J connectivity index is 1.81. The van der Waals surface area contributed by atoms with Crippen molar-refractivity contribution < 1.29 is 0 Å². The predicted octanol–water partition coefficient (Wildman–Crippen LogP) is 10.0. The highest BCUT2D eigenvalue weighted by atomic mass is 14.9. The Labute approximate surface area is 193 Å². The Morgan fingerprint density at radius 2 is 0.806 bits per heavy atom. The molecule has 2 aromatic carbocycles. The molecule has 0 spiro atoms. The third-order valence-corrected chi connectivity index (χ3v) is 6.40. The zero-order valence-corrected chi connectivity index (χ0v) is 20.4. The van der Waals surface area contributed by atoms with E-state index in [1.165, 1.54) is 125 Å². The van der Waals surface area contributed by atoms with Gasteiger partial charge in [0.2, 0.25) is 0 Å². The standard InChI is InChI=1S/C30H47N/c1-3-5-7-9-11-13-15-21-27-23-17-19-25-29(27)31-30-26-20-18-24-28(30)22-16-14-12-10-8-6-4-2/h17-20,23-26,31H,3-16,21-22H2,1-2H3. The van der Waals surface area contributed by atoms with Crippen molar-refractivity contribution in [3.05, 3.63) is 59.7 Å². The molecule has 0 saturated heterocycles. The van der Waals surface area contributed by atoms with Crippen molar-refractivity contribution in [1.82, 2.24) is 0 Å². The number of anilines is 2. The van der Waals surface area contributed by atoms with Crippen LogP contribution in [0.3, 0.4) is 0 Å². The molecule has 0 unspecified atom stereocenters. The Kier molecular flexibility index (Phi) is 13.9. The zero-order valence-electron chi connectivity index (χ0n) is 20.4. The third kappa shape index (κ3) is 10.9. The Bertz CT molecular complexity index is 631. The average Bonchev–Trinajstić information content (AvgIpc) is 2.80. The summed E-state index contributed by atoms with van der Waals surface area (Å²) in [6.07, 6.45) is 21.5. The molecule has 1 heteroatoms. The van der Waals surface area contributed by atoms with Crippen molar-refractivity contribution >= 4 is 11.4 Å². The average molecular weight is 422 g/mol. The monoisotopic (exact) mass is 421 g/mol. The smallest absolute Gasteiger partial charge is 0.0416 e. The van der Waals surface area contributed by atoms with Crippen LogP contribution >= 0.6 is 0 Å². The number of nitrogens with one attached hydrogen (secondary N) is 1. The van der Waals surface area contributed by atoms with Gasteiger partial charge < -0.3 is 5.32 Å². The van der Waals surface area contributed by atoms with Crippen LogP contribution in [0.2, 0.25) is 0 Å². The maximum absolute atomic E-state index is 3.78. The van der Waals surface area contributed by atoms with Crippen molar-refractivity contribution in [3.63, 3.8) is 0 Å². The zero-order chi connectivity index (χ0) is 22.0. The summed E-state index contributed by atoms with van der Waals surface area (Å²) in [4.78, 5) is 0. The molecule has 2 aromatic rings. The number of hydrogen-bond acceptors (Lipinski definition) is 1. The summed E-state index contributed by atoms with van der Waals surface area (Å²) >= 11 is 0. The summed E-state index contributed by atoms with van der Waals surface area (Å²) in [7, 11) is 0. The van der Waals surface area contributed by atoms with Gasteiger partial charge in [0.05, 0.1) is 0 Å². The van der Waals surface area contributed by atoms with Gasteiger partial charge in [-0.15, -0.1) is 0 Å². The minimum absolute atomic E-state index is 1.18. The van der Waals surface area contributed by atoms with Gasteiger partial charge in [-0.3, -0.25) is 0 Å². The van der Waals surface area contributed by atoms with E-state index in [0.717, 1.165) is 0 Å². The molecule has 0 fully saturated rings. The van der Waals surface area contributed by atoms with Crippen molar-refractivity contribution in [2.75, 3.05) is 5.32 Å². The molecule has 0 heterocycles. The van der Waals surface area contributed by atoms with Gasteiger partial charge in [0, 0.05) is 11.4 Å². The first-order valence-corrected chi connectivity index (χ1v) is 13.3. The topological polar surface area (TPSA) is 12.0 Å². The minimum atomic E-state index is 1.18. The van der Waals surface area contributed by atoms with Gasteiger partial charge in [-0.2, -0.15) is 0 Å². The van der Waals surface area contributed by atoms with E-state index in [0.29, 0.717) is 0 Å². The lowest BCUT2D eigenvalue weighted by atomic mass is 10.0. The van der Waals surface area contributed by atoms with Gasteiger partial charge in [0.15, 0.2) is 0 Å². The van der Waals surface area contributed by atoms with Crippen molar-refractivity contribution in [2.45, 2.75) is 117 Å². The lowest BCUT2D eigenvalue weighted by molar-refractivity contribution is 0.589. The van der Waals surface area contributed by atoms with E-state index in [1.807, 2.05) is 0 Å². The van der Waals surface area contributed by atoms with Crippen molar-refractivity contribution in [3.8, 4) is 0 Å². The third-order valence-electron chi connectivity index (χ3n) is 6.40. The fraction of sp³-hybridized carbons (Fsp3) is 0.600. The normalized spacial score (nSPS) is 11.0. The molecule has 1 nitrogen and oxygen atoms in total. The number of hydrogen-bond donors (Lipinski definition) is 1. The van der Waals surface area contributed by atoms with E-state index in [9.17, 15) is 0 Å². The Hall–Kier alpha value is -1.76. The number of rotatable bonds is 18. The quantitative estimate of drug-likeness (QED) is 0.236. The summed E-state index contributed by atoms with van der Waals surface area (Å²) in [6.45, 7) is 4.58. The summed E-state index contributed by atoms with van der Waals surface area (Å²) in [6, 6.07) is 17.8. The second-order valence-corrected chi connectivity index (χ2v) is 9.18. The number of para-hydroxylation sites is 2.